The first-order valence-electron chi connectivity index (χ1n) is 7.63. The van der Waals surface area contributed by atoms with Crippen LogP contribution in [0.5, 0.6) is 0 Å². The number of aliphatic hydroxyl groups is 1. The number of hydrogen-bond donors (Lipinski definition) is 2. The van der Waals surface area contributed by atoms with Crippen LogP contribution in [0.15, 0.2) is 12.4 Å². The number of aliphatic hydroxyl groups excluding tert-OH is 1. The molecule has 3 aliphatic rings. The van der Waals surface area contributed by atoms with Gasteiger partial charge in [0, 0.05) is 12.2 Å². The molecule has 1 aromatic rings. The van der Waals surface area contributed by atoms with Crippen LogP contribution in [0.3, 0.4) is 0 Å². The standard InChI is InChI=1S/C14H20ClN3O3/c15-8-5-16-18(6-8)12-13(19)11(10-7-20-14(12)21-10)17-9-3-1-2-4-9/h5-6,9-14,17,19H,1-4,7H2. The van der Waals surface area contributed by atoms with Gasteiger partial charge in [0.15, 0.2) is 6.29 Å². The fourth-order valence-corrected chi connectivity index (χ4v) is 3.87. The number of aromatic nitrogens is 2. The Balaban J connectivity index is 1.56. The van der Waals surface area contributed by atoms with E-state index in [4.69, 9.17) is 21.1 Å². The van der Waals surface area contributed by atoms with Crippen LogP contribution in [0.4, 0.5) is 0 Å². The van der Waals surface area contributed by atoms with Crippen molar-refractivity contribution in [2.45, 2.75) is 62.3 Å². The average molecular weight is 314 g/mol. The normalized spacial score (nSPS) is 40.0. The van der Waals surface area contributed by atoms with E-state index < -0.39 is 12.4 Å². The van der Waals surface area contributed by atoms with E-state index in [9.17, 15) is 5.11 Å². The second-order valence-corrected chi connectivity index (χ2v) is 6.61. The molecular weight excluding hydrogens is 294 g/mol. The molecule has 0 spiro atoms. The SMILES string of the molecule is OC1C(NC2CCCC2)C2COC(O2)C1n1cc(Cl)cn1. The van der Waals surface area contributed by atoms with E-state index in [1.54, 1.807) is 17.1 Å². The molecule has 0 amide bonds. The highest BCUT2D eigenvalue weighted by Gasteiger charge is 2.51. The molecule has 5 unspecified atom stereocenters. The van der Waals surface area contributed by atoms with Crippen molar-refractivity contribution in [3.05, 3.63) is 17.4 Å². The maximum Gasteiger partial charge on any atom is 0.183 e. The Bertz CT molecular complexity index is 505. The maximum absolute atomic E-state index is 10.8. The Morgan fingerprint density at radius 2 is 2.19 bits per heavy atom. The van der Waals surface area contributed by atoms with Gasteiger partial charge >= 0.3 is 0 Å². The molecule has 2 N–H and O–H groups in total. The summed E-state index contributed by atoms with van der Waals surface area (Å²) in [4.78, 5) is 0. The minimum atomic E-state index is -0.604. The van der Waals surface area contributed by atoms with Gasteiger partial charge in [-0.15, -0.1) is 0 Å². The van der Waals surface area contributed by atoms with Crippen molar-refractivity contribution in [3.63, 3.8) is 0 Å². The lowest BCUT2D eigenvalue weighted by Gasteiger charge is -2.39. The number of ether oxygens (including phenoxy) is 2. The summed E-state index contributed by atoms with van der Waals surface area (Å²) in [6.45, 7) is 0.512. The van der Waals surface area contributed by atoms with Crippen LogP contribution in [-0.4, -0.2) is 52.1 Å². The summed E-state index contributed by atoms with van der Waals surface area (Å²) in [5, 5.41) is 19.1. The zero-order chi connectivity index (χ0) is 14.4. The topological polar surface area (TPSA) is 68.5 Å². The summed E-state index contributed by atoms with van der Waals surface area (Å²) >= 11 is 5.94. The van der Waals surface area contributed by atoms with E-state index in [0.717, 1.165) is 0 Å². The van der Waals surface area contributed by atoms with Gasteiger partial charge in [-0.3, -0.25) is 4.68 Å². The first kappa shape index (κ1) is 14.0. The van der Waals surface area contributed by atoms with Crippen LogP contribution < -0.4 is 5.32 Å². The fourth-order valence-electron chi connectivity index (χ4n) is 3.73. The van der Waals surface area contributed by atoms with Gasteiger partial charge in [-0.2, -0.15) is 5.10 Å². The molecule has 7 heteroatoms. The average Bonchev–Trinajstić information content (AvgIpc) is 3.17. The van der Waals surface area contributed by atoms with Crippen molar-refractivity contribution >= 4 is 11.6 Å². The molecule has 1 aromatic heterocycles. The second-order valence-electron chi connectivity index (χ2n) is 6.17. The molecule has 116 valence electrons. The number of nitrogens with one attached hydrogen (secondary N) is 1. The smallest absolute Gasteiger partial charge is 0.183 e. The second kappa shape index (κ2) is 5.52. The highest BCUT2D eigenvalue weighted by molar-refractivity contribution is 6.30. The number of hydrogen-bond acceptors (Lipinski definition) is 5. The minimum Gasteiger partial charge on any atom is -0.389 e. The Morgan fingerprint density at radius 1 is 1.38 bits per heavy atom. The van der Waals surface area contributed by atoms with Crippen LogP contribution in [0.25, 0.3) is 0 Å². The van der Waals surface area contributed by atoms with Gasteiger partial charge in [0.2, 0.25) is 0 Å². The van der Waals surface area contributed by atoms with E-state index in [1.807, 2.05) is 0 Å². The van der Waals surface area contributed by atoms with Gasteiger partial charge in [0.25, 0.3) is 0 Å². The molecule has 0 radical (unpaired) electrons. The minimum absolute atomic E-state index is 0.0899. The third-order valence-electron chi connectivity index (χ3n) is 4.79. The first-order chi connectivity index (χ1) is 10.2. The van der Waals surface area contributed by atoms with E-state index in [0.29, 0.717) is 17.7 Å². The monoisotopic (exact) mass is 313 g/mol. The summed E-state index contributed by atoms with van der Waals surface area (Å²) in [6.07, 6.45) is 6.95. The van der Waals surface area contributed by atoms with Crippen molar-refractivity contribution in [2.24, 2.45) is 0 Å². The molecule has 2 saturated heterocycles. The van der Waals surface area contributed by atoms with Gasteiger partial charge in [-0.25, -0.2) is 0 Å². The Morgan fingerprint density at radius 3 is 2.90 bits per heavy atom. The zero-order valence-corrected chi connectivity index (χ0v) is 12.4. The largest absolute Gasteiger partial charge is 0.389 e. The third-order valence-corrected chi connectivity index (χ3v) is 4.98. The lowest BCUT2D eigenvalue weighted by molar-refractivity contribution is -0.169. The third kappa shape index (κ3) is 2.49. The Kier molecular flexibility index (Phi) is 3.67. The number of nitrogens with zero attached hydrogens (tertiary/aromatic N) is 2. The molecular formula is C14H20ClN3O3. The van der Waals surface area contributed by atoms with Gasteiger partial charge in [-0.05, 0) is 12.8 Å². The molecule has 6 nitrogen and oxygen atoms in total. The number of fused-ring (bicyclic) bond motifs is 2. The number of halogens is 1. The van der Waals surface area contributed by atoms with E-state index in [2.05, 4.69) is 10.4 Å². The molecule has 3 heterocycles. The fraction of sp³-hybridized carbons (Fsp3) is 0.786. The molecule has 2 bridgehead atoms. The highest BCUT2D eigenvalue weighted by atomic mass is 35.5. The van der Waals surface area contributed by atoms with Crippen molar-refractivity contribution in [3.8, 4) is 0 Å². The van der Waals surface area contributed by atoms with E-state index in [-0.39, 0.29) is 18.2 Å². The van der Waals surface area contributed by atoms with Crippen molar-refractivity contribution in [1.82, 2.24) is 15.1 Å². The lowest BCUT2D eigenvalue weighted by Crippen LogP contribution is -2.59. The van der Waals surface area contributed by atoms with Crippen molar-refractivity contribution < 1.29 is 14.6 Å². The van der Waals surface area contributed by atoms with Gasteiger partial charge in [0.1, 0.15) is 12.1 Å². The summed E-state index contributed by atoms with van der Waals surface area (Å²) in [7, 11) is 0. The number of rotatable bonds is 3. The quantitative estimate of drug-likeness (QED) is 0.874. The summed E-state index contributed by atoms with van der Waals surface area (Å²) in [5.41, 5.74) is 0. The van der Waals surface area contributed by atoms with Crippen LogP contribution in [0.1, 0.15) is 31.7 Å². The van der Waals surface area contributed by atoms with Gasteiger partial charge in [-0.1, -0.05) is 24.4 Å². The Hall–Kier alpha value is -0.660. The van der Waals surface area contributed by atoms with Crippen LogP contribution in [0.2, 0.25) is 5.02 Å². The molecule has 5 atom stereocenters. The summed E-state index contributed by atoms with van der Waals surface area (Å²) in [5.74, 6) is 0. The molecule has 21 heavy (non-hydrogen) atoms. The summed E-state index contributed by atoms with van der Waals surface area (Å²) < 4.78 is 13.3. The summed E-state index contributed by atoms with van der Waals surface area (Å²) in [6, 6.07) is -0.0257. The Labute approximate surface area is 128 Å². The molecule has 2 aliphatic heterocycles. The van der Waals surface area contributed by atoms with Crippen molar-refractivity contribution in [2.75, 3.05) is 6.61 Å². The molecule has 4 rings (SSSR count). The van der Waals surface area contributed by atoms with Crippen LogP contribution in [-0.2, 0) is 9.47 Å². The van der Waals surface area contributed by atoms with E-state index in [1.165, 1.54) is 25.7 Å². The molecule has 0 aromatic carbocycles. The predicted molar refractivity (Wildman–Crippen MR) is 76.1 cm³/mol. The van der Waals surface area contributed by atoms with Gasteiger partial charge < -0.3 is 19.9 Å². The highest BCUT2D eigenvalue weighted by Crippen LogP contribution is 2.36. The molecule has 3 fully saturated rings. The zero-order valence-electron chi connectivity index (χ0n) is 11.7. The van der Waals surface area contributed by atoms with Crippen LogP contribution in [0, 0.1) is 0 Å². The molecule has 1 aliphatic carbocycles. The maximum atomic E-state index is 10.8. The molecule has 1 saturated carbocycles. The van der Waals surface area contributed by atoms with Crippen molar-refractivity contribution in [1.29, 1.82) is 0 Å². The lowest BCUT2D eigenvalue weighted by atomic mass is 9.95. The van der Waals surface area contributed by atoms with Gasteiger partial charge in [0.05, 0.1) is 30.0 Å². The van der Waals surface area contributed by atoms with Crippen LogP contribution >= 0.6 is 11.6 Å². The first-order valence-corrected chi connectivity index (χ1v) is 8.01. The van der Waals surface area contributed by atoms with E-state index >= 15 is 0 Å². The predicted octanol–water partition coefficient (Wildman–Crippen LogP) is 1.09.